The van der Waals surface area contributed by atoms with Crippen LogP contribution in [0.3, 0.4) is 0 Å². The monoisotopic (exact) mass is 569 g/mol. The Morgan fingerprint density at radius 3 is 2.44 bits per heavy atom. The molecule has 2 heterocycles. The van der Waals surface area contributed by atoms with Crippen molar-refractivity contribution in [2.24, 2.45) is 0 Å². The van der Waals surface area contributed by atoms with Crippen molar-refractivity contribution in [1.82, 2.24) is 10.2 Å². The van der Waals surface area contributed by atoms with Crippen LogP contribution in [0.2, 0.25) is 0 Å². The second-order valence-corrected chi connectivity index (χ2v) is 13.0. The molecular formula is C33H35N3O4S. The molecule has 2 aliphatic rings. The van der Waals surface area contributed by atoms with Gasteiger partial charge in [0.2, 0.25) is 0 Å². The van der Waals surface area contributed by atoms with Crippen molar-refractivity contribution in [2.45, 2.75) is 55.5 Å². The van der Waals surface area contributed by atoms with Crippen molar-refractivity contribution in [1.29, 1.82) is 0 Å². The first-order chi connectivity index (χ1) is 19.8. The van der Waals surface area contributed by atoms with E-state index in [1.165, 1.54) is 16.7 Å². The van der Waals surface area contributed by atoms with E-state index in [1.807, 2.05) is 49.4 Å². The molecule has 0 fully saturated rings. The van der Waals surface area contributed by atoms with E-state index in [0.717, 1.165) is 42.1 Å². The first-order valence-corrected chi connectivity index (χ1v) is 15.4. The number of benzene rings is 4. The highest BCUT2D eigenvalue weighted by Gasteiger charge is 2.38. The average Bonchev–Trinajstić information content (AvgIpc) is 3.49. The lowest BCUT2D eigenvalue weighted by molar-refractivity contribution is 0.152. The molecule has 7 nitrogen and oxygen atoms in total. The maximum Gasteiger partial charge on any atom is 0.185 e. The number of nitrogens with zero attached hydrogens (tertiary/aromatic N) is 1. The zero-order chi connectivity index (χ0) is 28.6. The Balaban J connectivity index is 1.12. The van der Waals surface area contributed by atoms with Crippen molar-refractivity contribution in [3.63, 3.8) is 0 Å². The fourth-order valence-corrected chi connectivity index (χ4v) is 7.91. The molecule has 4 aromatic rings. The van der Waals surface area contributed by atoms with Gasteiger partial charge in [-0.25, -0.2) is 8.42 Å². The zero-order valence-electron chi connectivity index (χ0n) is 23.2. The molecule has 0 saturated carbocycles. The maximum absolute atomic E-state index is 13.6. The highest BCUT2D eigenvalue weighted by molar-refractivity contribution is 7.92. The first-order valence-electron chi connectivity index (χ1n) is 13.9. The number of fused-ring (bicyclic) bond motifs is 2. The van der Waals surface area contributed by atoms with E-state index in [2.05, 4.69) is 51.9 Å². The minimum Gasteiger partial charge on any atom is -0.497 e. The summed E-state index contributed by atoms with van der Waals surface area (Å²) in [6.45, 7) is 4.51. The van der Waals surface area contributed by atoms with E-state index in [1.54, 1.807) is 19.2 Å². The van der Waals surface area contributed by atoms with Crippen LogP contribution in [0.5, 0.6) is 5.75 Å². The number of anilines is 1. The number of aliphatic hydroxyl groups is 1. The zero-order valence-corrected chi connectivity index (χ0v) is 24.1. The summed E-state index contributed by atoms with van der Waals surface area (Å²) >= 11 is 0. The van der Waals surface area contributed by atoms with Gasteiger partial charge in [-0.05, 0) is 77.1 Å². The number of methoxy groups -OCH3 is 1. The van der Waals surface area contributed by atoms with E-state index >= 15 is 0 Å². The second kappa shape index (κ2) is 11.3. The molecule has 6 rings (SSSR count). The maximum atomic E-state index is 13.6. The molecule has 0 spiro atoms. The van der Waals surface area contributed by atoms with E-state index in [0.29, 0.717) is 17.0 Å². The van der Waals surface area contributed by atoms with Gasteiger partial charge >= 0.3 is 0 Å². The number of hydrogen-bond acceptors (Lipinski definition) is 7. The van der Waals surface area contributed by atoms with Gasteiger partial charge in [0, 0.05) is 31.4 Å². The lowest BCUT2D eigenvalue weighted by Crippen LogP contribution is -2.37. The summed E-state index contributed by atoms with van der Waals surface area (Å²) < 4.78 is 32.4. The number of nitrogens with one attached hydrogen (secondary N) is 2. The molecule has 0 amide bonds. The molecule has 0 aromatic heterocycles. The Hall–Kier alpha value is -3.69. The standard InChI is InChI=1S/C33H35N3O4S/c1-22(24-10-13-30(40-2)14-11-24)34-33(37)35-29-12-15-31-27(17-29)18-32(41(31,38)39)25-8-9-26-20-36(21-28(26)16-25)19-23-6-4-3-5-7-23/h3-17,22,32-35,37H,18-21H2,1-2H3. The van der Waals surface area contributed by atoms with Crippen molar-refractivity contribution in [3.05, 3.63) is 124 Å². The summed E-state index contributed by atoms with van der Waals surface area (Å²) in [5.74, 6) is 0.774. The molecule has 3 atom stereocenters. The molecule has 212 valence electrons. The third kappa shape index (κ3) is 5.74. The van der Waals surface area contributed by atoms with Crippen LogP contribution in [0.25, 0.3) is 0 Å². The Bertz CT molecular complexity index is 1640. The molecule has 0 aliphatic carbocycles. The van der Waals surface area contributed by atoms with Gasteiger partial charge < -0.3 is 15.2 Å². The fourth-order valence-electron chi connectivity index (χ4n) is 5.93. The average molecular weight is 570 g/mol. The minimum absolute atomic E-state index is 0.119. The normalized spacial score (nSPS) is 18.9. The van der Waals surface area contributed by atoms with Crippen LogP contribution in [-0.2, 0) is 35.9 Å². The van der Waals surface area contributed by atoms with Crippen LogP contribution >= 0.6 is 0 Å². The third-order valence-corrected chi connectivity index (χ3v) is 10.3. The minimum atomic E-state index is -3.51. The second-order valence-electron chi connectivity index (χ2n) is 10.9. The van der Waals surface area contributed by atoms with Gasteiger partial charge in [-0.1, -0.05) is 60.7 Å². The van der Waals surface area contributed by atoms with Crippen LogP contribution in [-0.4, -0.2) is 31.9 Å². The van der Waals surface area contributed by atoms with Crippen LogP contribution in [0, 0.1) is 0 Å². The van der Waals surface area contributed by atoms with Gasteiger partial charge in [-0.15, -0.1) is 0 Å². The number of rotatable bonds is 9. The molecule has 3 unspecified atom stereocenters. The lowest BCUT2D eigenvalue weighted by atomic mass is 10.00. The summed E-state index contributed by atoms with van der Waals surface area (Å²) in [6.07, 6.45) is -0.611. The quantitative estimate of drug-likeness (QED) is 0.235. The van der Waals surface area contributed by atoms with E-state index in [-0.39, 0.29) is 6.04 Å². The Labute approximate surface area is 241 Å². The molecule has 0 radical (unpaired) electrons. The van der Waals surface area contributed by atoms with Gasteiger partial charge in [0.1, 0.15) is 5.75 Å². The predicted molar refractivity (Wildman–Crippen MR) is 160 cm³/mol. The number of ether oxygens (including phenoxy) is 1. The van der Waals surface area contributed by atoms with Crippen LogP contribution < -0.4 is 15.4 Å². The van der Waals surface area contributed by atoms with Crippen LogP contribution in [0.15, 0.2) is 95.9 Å². The molecule has 4 aromatic carbocycles. The fraction of sp³-hybridized carbons (Fsp3) is 0.273. The summed E-state index contributed by atoms with van der Waals surface area (Å²) in [4.78, 5) is 2.75. The lowest BCUT2D eigenvalue weighted by Gasteiger charge is -2.21. The van der Waals surface area contributed by atoms with Crippen molar-refractivity contribution < 1.29 is 18.3 Å². The predicted octanol–water partition coefficient (Wildman–Crippen LogP) is 5.32. The summed E-state index contributed by atoms with van der Waals surface area (Å²) in [5.41, 5.74) is 7.00. The Morgan fingerprint density at radius 2 is 1.68 bits per heavy atom. The molecule has 8 heteroatoms. The number of hydrogen-bond donors (Lipinski definition) is 3. The van der Waals surface area contributed by atoms with E-state index in [4.69, 9.17) is 4.74 Å². The van der Waals surface area contributed by atoms with Crippen molar-refractivity contribution >= 4 is 15.5 Å². The molecule has 0 bridgehead atoms. The molecule has 0 saturated heterocycles. The van der Waals surface area contributed by atoms with Crippen molar-refractivity contribution in [3.8, 4) is 5.75 Å². The van der Waals surface area contributed by atoms with Gasteiger partial charge in [0.05, 0.1) is 17.3 Å². The first kappa shape index (κ1) is 27.5. The van der Waals surface area contributed by atoms with Crippen LogP contribution in [0.4, 0.5) is 5.69 Å². The van der Waals surface area contributed by atoms with Crippen LogP contribution in [0.1, 0.15) is 51.6 Å². The Morgan fingerprint density at radius 1 is 0.927 bits per heavy atom. The largest absolute Gasteiger partial charge is 0.497 e. The molecular weight excluding hydrogens is 534 g/mol. The highest BCUT2D eigenvalue weighted by Crippen LogP contribution is 2.43. The van der Waals surface area contributed by atoms with E-state index < -0.39 is 21.4 Å². The van der Waals surface area contributed by atoms with Gasteiger partial charge in [0.25, 0.3) is 0 Å². The van der Waals surface area contributed by atoms with Gasteiger partial charge in [0.15, 0.2) is 16.2 Å². The summed E-state index contributed by atoms with van der Waals surface area (Å²) in [6, 6.07) is 29.3. The summed E-state index contributed by atoms with van der Waals surface area (Å²) in [7, 11) is -1.89. The number of sulfone groups is 1. The number of aliphatic hydroxyl groups excluding tert-OH is 1. The topological polar surface area (TPSA) is 90.9 Å². The smallest absolute Gasteiger partial charge is 0.185 e. The van der Waals surface area contributed by atoms with Gasteiger partial charge in [-0.2, -0.15) is 0 Å². The highest BCUT2D eigenvalue weighted by atomic mass is 32.2. The van der Waals surface area contributed by atoms with E-state index in [9.17, 15) is 13.5 Å². The third-order valence-electron chi connectivity index (χ3n) is 8.11. The van der Waals surface area contributed by atoms with Crippen molar-refractivity contribution in [2.75, 3.05) is 12.4 Å². The SMILES string of the molecule is COc1ccc(C(C)NC(O)Nc2ccc3c(c2)CC(c2ccc4c(c2)CN(Cc2ccccc2)C4)S3(=O)=O)cc1. The molecule has 3 N–H and O–H groups in total. The summed E-state index contributed by atoms with van der Waals surface area (Å²) in [5, 5.41) is 16.2. The van der Waals surface area contributed by atoms with Gasteiger partial charge in [-0.3, -0.25) is 10.2 Å². The molecule has 41 heavy (non-hydrogen) atoms. The Kier molecular flexibility index (Phi) is 7.57. The molecule has 2 aliphatic heterocycles.